The highest BCUT2D eigenvalue weighted by molar-refractivity contribution is 7.20. The van der Waals surface area contributed by atoms with Gasteiger partial charge < -0.3 is 10.1 Å². The van der Waals surface area contributed by atoms with Gasteiger partial charge in [0.25, 0.3) is 5.91 Å². The average Bonchev–Trinajstić information content (AvgIpc) is 3.08. The Bertz CT molecular complexity index is 1290. The van der Waals surface area contributed by atoms with E-state index in [1.54, 1.807) is 25.1 Å². The van der Waals surface area contributed by atoms with Crippen LogP contribution in [0.2, 0.25) is 0 Å². The smallest absolute Gasteiger partial charge is 0.433 e. The first-order valence-electron chi connectivity index (χ1n) is 9.34. The second kappa shape index (κ2) is 8.54. The van der Waals surface area contributed by atoms with Crippen molar-refractivity contribution in [3.8, 4) is 11.6 Å². The number of nitrogens with one attached hydrogen (secondary N) is 1. The largest absolute Gasteiger partial charge is 0.439 e. The number of hydrogen-bond donors (Lipinski definition) is 1. The summed E-state index contributed by atoms with van der Waals surface area (Å²) in [6.07, 6.45) is -3.05. The SMILES string of the molecule is Cc1c(C(=O)NCc2ccc(Oc3cccc(F)c3)nc2)sc2nc(C(F)(F)F)ccc12. The maximum Gasteiger partial charge on any atom is 0.433 e. The van der Waals surface area contributed by atoms with Gasteiger partial charge in [0.15, 0.2) is 0 Å². The van der Waals surface area contributed by atoms with Gasteiger partial charge in [0.2, 0.25) is 5.88 Å². The molecule has 3 aromatic heterocycles. The van der Waals surface area contributed by atoms with Gasteiger partial charge in [-0.3, -0.25) is 4.79 Å². The summed E-state index contributed by atoms with van der Waals surface area (Å²) in [4.78, 5) is 20.8. The molecule has 0 radical (unpaired) electrons. The first kappa shape index (κ1) is 21.7. The summed E-state index contributed by atoms with van der Waals surface area (Å²) in [6, 6.07) is 11.2. The van der Waals surface area contributed by atoms with Crippen molar-refractivity contribution in [2.75, 3.05) is 0 Å². The van der Waals surface area contributed by atoms with Crippen molar-refractivity contribution in [3.63, 3.8) is 0 Å². The summed E-state index contributed by atoms with van der Waals surface area (Å²) >= 11 is 0.913. The second-order valence-electron chi connectivity index (χ2n) is 6.85. The maximum absolute atomic E-state index is 13.2. The molecular formula is C22H15F4N3O2S. The van der Waals surface area contributed by atoms with Gasteiger partial charge in [-0.2, -0.15) is 13.2 Å². The monoisotopic (exact) mass is 461 g/mol. The van der Waals surface area contributed by atoms with E-state index in [4.69, 9.17) is 4.74 Å². The highest BCUT2D eigenvalue weighted by Crippen LogP contribution is 2.34. The van der Waals surface area contributed by atoms with Gasteiger partial charge in [0.1, 0.15) is 22.1 Å². The number of pyridine rings is 2. The fourth-order valence-electron chi connectivity index (χ4n) is 2.96. The number of carbonyl (C=O) groups is 1. The standard InChI is InChI=1S/C22H15F4N3O2S/c1-12-16-6-7-17(22(24,25)26)29-21(16)32-19(12)20(30)28-11-13-5-8-18(27-10-13)31-15-4-2-3-14(23)9-15/h2-10H,11H2,1H3,(H,28,30). The number of fused-ring (bicyclic) bond motifs is 1. The lowest BCUT2D eigenvalue weighted by Gasteiger charge is -2.07. The predicted molar refractivity (Wildman–Crippen MR) is 111 cm³/mol. The Labute approximate surface area is 183 Å². The third-order valence-corrected chi connectivity index (χ3v) is 5.77. The number of alkyl halides is 3. The molecule has 1 amide bonds. The Hall–Kier alpha value is -3.53. The third-order valence-electron chi connectivity index (χ3n) is 4.57. The lowest BCUT2D eigenvalue weighted by atomic mass is 10.1. The normalized spacial score (nSPS) is 11.5. The van der Waals surface area contributed by atoms with E-state index in [1.807, 2.05) is 0 Å². The zero-order chi connectivity index (χ0) is 22.9. The number of ether oxygens (including phenoxy) is 1. The molecule has 0 atom stereocenters. The van der Waals surface area contributed by atoms with Crippen LogP contribution in [-0.2, 0) is 12.7 Å². The summed E-state index contributed by atoms with van der Waals surface area (Å²) in [5.41, 5.74) is 0.256. The van der Waals surface area contributed by atoms with Crippen molar-refractivity contribution < 1.29 is 27.1 Å². The Kier molecular flexibility index (Phi) is 5.79. The highest BCUT2D eigenvalue weighted by Gasteiger charge is 2.33. The van der Waals surface area contributed by atoms with E-state index in [0.29, 0.717) is 27.1 Å². The highest BCUT2D eigenvalue weighted by atomic mass is 32.1. The Morgan fingerprint density at radius 3 is 2.66 bits per heavy atom. The molecule has 0 fully saturated rings. The van der Waals surface area contributed by atoms with Crippen molar-refractivity contribution in [3.05, 3.63) is 82.2 Å². The third kappa shape index (κ3) is 4.70. The van der Waals surface area contributed by atoms with Crippen molar-refractivity contribution in [1.29, 1.82) is 0 Å². The number of rotatable bonds is 5. The van der Waals surface area contributed by atoms with E-state index in [0.717, 1.165) is 17.4 Å². The van der Waals surface area contributed by atoms with Crippen molar-refractivity contribution in [1.82, 2.24) is 15.3 Å². The molecule has 0 saturated carbocycles. The molecule has 3 heterocycles. The minimum absolute atomic E-state index is 0.154. The summed E-state index contributed by atoms with van der Waals surface area (Å²) < 4.78 is 57.4. The summed E-state index contributed by atoms with van der Waals surface area (Å²) in [6.45, 7) is 1.82. The summed E-state index contributed by atoms with van der Waals surface area (Å²) in [7, 11) is 0. The molecule has 4 aromatic rings. The number of amides is 1. The van der Waals surface area contributed by atoms with Gasteiger partial charge >= 0.3 is 6.18 Å². The van der Waals surface area contributed by atoms with Crippen LogP contribution in [0.15, 0.2) is 54.7 Å². The lowest BCUT2D eigenvalue weighted by Crippen LogP contribution is -2.22. The van der Waals surface area contributed by atoms with Crippen LogP contribution in [0.25, 0.3) is 10.2 Å². The molecule has 0 saturated heterocycles. The quantitative estimate of drug-likeness (QED) is 0.377. The minimum Gasteiger partial charge on any atom is -0.439 e. The number of halogens is 4. The van der Waals surface area contributed by atoms with Crippen LogP contribution in [0.3, 0.4) is 0 Å². The zero-order valence-corrected chi connectivity index (χ0v) is 17.4. The average molecular weight is 461 g/mol. The van der Waals surface area contributed by atoms with E-state index in [2.05, 4.69) is 15.3 Å². The molecule has 1 aromatic carbocycles. The molecule has 0 spiro atoms. The number of aryl methyl sites for hydroxylation is 1. The first-order valence-corrected chi connectivity index (χ1v) is 10.2. The number of carbonyl (C=O) groups excluding carboxylic acids is 1. The van der Waals surface area contributed by atoms with Gasteiger partial charge in [-0.05, 0) is 42.3 Å². The fraction of sp³-hybridized carbons (Fsp3) is 0.136. The topological polar surface area (TPSA) is 64.1 Å². The molecule has 164 valence electrons. The van der Waals surface area contributed by atoms with Crippen molar-refractivity contribution in [2.24, 2.45) is 0 Å². The second-order valence-corrected chi connectivity index (χ2v) is 7.85. The Morgan fingerprint density at radius 2 is 1.97 bits per heavy atom. The molecule has 5 nitrogen and oxygen atoms in total. The van der Waals surface area contributed by atoms with Crippen LogP contribution in [-0.4, -0.2) is 15.9 Å². The van der Waals surface area contributed by atoms with Gasteiger partial charge in [0.05, 0.1) is 4.88 Å². The Morgan fingerprint density at radius 1 is 1.16 bits per heavy atom. The van der Waals surface area contributed by atoms with E-state index in [1.165, 1.54) is 30.5 Å². The van der Waals surface area contributed by atoms with E-state index in [9.17, 15) is 22.4 Å². The van der Waals surface area contributed by atoms with E-state index < -0.39 is 23.6 Å². The van der Waals surface area contributed by atoms with Crippen molar-refractivity contribution >= 4 is 27.5 Å². The van der Waals surface area contributed by atoms with Crippen LogP contribution in [0.5, 0.6) is 11.6 Å². The predicted octanol–water partition coefficient (Wildman–Crippen LogP) is 5.88. The van der Waals surface area contributed by atoms with Gasteiger partial charge in [0, 0.05) is 30.3 Å². The summed E-state index contributed by atoms with van der Waals surface area (Å²) in [5, 5.41) is 3.24. The molecule has 0 unspecified atom stereocenters. The van der Waals surface area contributed by atoms with Gasteiger partial charge in [-0.15, -0.1) is 11.3 Å². The molecule has 32 heavy (non-hydrogen) atoms. The molecule has 4 rings (SSSR count). The van der Waals surface area contributed by atoms with Crippen LogP contribution >= 0.6 is 11.3 Å². The van der Waals surface area contributed by atoms with Crippen LogP contribution in [0.4, 0.5) is 17.6 Å². The van der Waals surface area contributed by atoms with E-state index >= 15 is 0 Å². The number of aromatic nitrogens is 2. The first-order chi connectivity index (χ1) is 15.2. The van der Waals surface area contributed by atoms with Gasteiger partial charge in [-0.25, -0.2) is 14.4 Å². The van der Waals surface area contributed by atoms with Crippen molar-refractivity contribution in [2.45, 2.75) is 19.6 Å². The maximum atomic E-state index is 13.2. The number of hydrogen-bond acceptors (Lipinski definition) is 5. The molecule has 0 aliphatic heterocycles. The molecule has 0 aliphatic carbocycles. The molecule has 0 bridgehead atoms. The molecule has 1 N–H and O–H groups in total. The summed E-state index contributed by atoms with van der Waals surface area (Å²) in [5.74, 6) is -0.277. The molecular weight excluding hydrogens is 446 g/mol. The van der Waals surface area contributed by atoms with Crippen LogP contribution < -0.4 is 10.1 Å². The lowest BCUT2D eigenvalue weighted by molar-refractivity contribution is -0.140. The van der Waals surface area contributed by atoms with Crippen LogP contribution in [0.1, 0.15) is 26.5 Å². The number of nitrogens with zero attached hydrogens (tertiary/aromatic N) is 2. The fourth-order valence-corrected chi connectivity index (χ4v) is 4.06. The Balaban J connectivity index is 1.43. The number of thiophene rings is 1. The molecule has 0 aliphatic rings. The van der Waals surface area contributed by atoms with Crippen LogP contribution in [0, 0.1) is 12.7 Å². The molecule has 10 heteroatoms. The zero-order valence-electron chi connectivity index (χ0n) is 16.5. The van der Waals surface area contributed by atoms with Gasteiger partial charge in [-0.1, -0.05) is 12.1 Å². The number of benzene rings is 1. The van der Waals surface area contributed by atoms with E-state index in [-0.39, 0.29) is 17.3 Å². The minimum atomic E-state index is -4.55.